The highest BCUT2D eigenvalue weighted by Crippen LogP contribution is 2.26. The van der Waals surface area contributed by atoms with Gasteiger partial charge in [-0.05, 0) is 36.4 Å². The summed E-state index contributed by atoms with van der Waals surface area (Å²) in [5.74, 6) is 1.63. The Kier molecular flexibility index (Phi) is 2.82. The molecule has 2 aromatic heterocycles. The molecule has 0 spiro atoms. The number of rotatable bonds is 4. The second-order valence-electron chi connectivity index (χ2n) is 4.80. The van der Waals surface area contributed by atoms with E-state index in [2.05, 4.69) is 9.97 Å². The molecule has 0 fully saturated rings. The predicted molar refractivity (Wildman–Crippen MR) is 85.0 cm³/mol. The normalized spacial score (nSPS) is 10.9. The Bertz CT molecular complexity index is 823. The van der Waals surface area contributed by atoms with Gasteiger partial charge in [-0.3, -0.25) is 0 Å². The fourth-order valence-corrected chi connectivity index (χ4v) is 2.52. The molecule has 4 rings (SSSR count). The predicted octanol–water partition coefficient (Wildman–Crippen LogP) is 3.37. The third-order valence-corrected chi connectivity index (χ3v) is 3.54. The van der Waals surface area contributed by atoms with E-state index in [0.717, 1.165) is 33.3 Å². The zero-order valence-electron chi connectivity index (χ0n) is 11.3. The maximum Gasteiger partial charge on any atom is 0.576 e. The van der Waals surface area contributed by atoms with Crippen molar-refractivity contribution in [2.75, 3.05) is 0 Å². The van der Waals surface area contributed by atoms with Gasteiger partial charge < -0.3 is 19.3 Å². The third kappa shape index (κ3) is 2.12. The highest BCUT2D eigenvalue weighted by atomic mass is 16.6. The van der Waals surface area contributed by atoms with E-state index in [0.29, 0.717) is 0 Å². The van der Waals surface area contributed by atoms with Crippen LogP contribution in [-0.2, 0) is 0 Å². The van der Waals surface area contributed by atoms with Gasteiger partial charge in [0.1, 0.15) is 11.5 Å². The largest absolute Gasteiger partial charge is 0.576 e. The number of nitrogens with one attached hydrogen (secondary N) is 2. The molecule has 0 aliphatic rings. The zero-order valence-corrected chi connectivity index (χ0v) is 11.3. The Morgan fingerprint density at radius 3 is 1.71 bits per heavy atom. The third-order valence-electron chi connectivity index (χ3n) is 3.54. The Balaban J connectivity index is 1.53. The summed E-state index contributed by atoms with van der Waals surface area (Å²) < 4.78 is 11.5. The van der Waals surface area contributed by atoms with Crippen LogP contribution < -0.4 is 9.31 Å². The van der Waals surface area contributed by atoms with Crippen LogP contribution in [0.2, 0.25) is 0 Å². The van der Waals surface area contributed by atoms with E-state index >= 15 is 0 Å². The van der Waals surface area contributed by atoms with Crippen LogP contribution in [0.3, 0.4) is 0 Å². The Morgan fingerprint density at radius 1 is 0.667 bits per heavy atom. The van der Waals surface area contributed by atoms with Crippen molar-refractivity contribution in [3.63, 3.8) is 0 Å². The van der Waals surface area contributed by atoms with Crippen molar-refractivity contribution in [1.29, 1.82) is 0 Å². The first-order valence-electron chi connectivity index (χ1n) is 6.79. The monoisotopic (exact) mass is 276 g/mol. The number of hydrogen-bond acceptors (Lipinski definition) is 2. The lowest BCUT2D eigenvalue weighted by molar-refractivity contribution is 0.465. The summed E-state index contributed by atoms with van der Waals surface area (Å²) >= 11 is 0. The average Bonchev–Trinajstić information content (AvgIpc) is 3.16. The van der Waals surface area contributed by atoms with E-state index < -0.39 is 0 Å². The summed E-state index contributed by atoms with van der Waals surface area (Å²) in [5.41, 5.74) is 2.11. The second-order valence-corrected chi connectivity index (χ2v) is 4.80. The van der Waals surface area contributed by atoms with Gasteiger partial charge in [-0.25, -0.2) is 0 Å². The number of aromatic nitrogens is 2. The highest BCUT2D eigenvalue weighted by Gasteiger charge is 2.07. The summed E-state index contributed by atoms with van der Waals surface area (Å²) in [6.07, 6.45) is 3.80. The van der Waals surface area contributed by atoms with Gasteiger partial charge in [0.15, 0.2) is 0 Å². The molecule has 102 valence electrons. The quantitative estimate of drug-likeness (QED) is 0.561. The Morgan fingerprint density at radius 2 is 1.19 bits per heavy atom. The van der Waals surface area contributed by atoms with Crippen LogP contribution in [0, 0.1) is 0 Å². The van der Waals surface area contributed by atoms with E-state index in [9.17, 15) is 0 Å². The first kappa shape index (κ1) is 12.0. The molecular weight excluding hydrogens is 263 g/mol. The molecule has 0 bridgehead atoms. The molecule has 0 aliphatic carbocycles. The number of fused-ring (bicyclic) bond motifs is 2. The van der Waals surface area contributed by atoms with Gasteiger partial charge in [0.25, 0.3) is 0 Å². The molecule has 2 N–H and O–H groups in total. The van der Waals surface area contributed by atoms with Gasteiger partial charge in [-0.15, -0.1) is 0 Å². The maximum atomic E-state index is 5.75. The fourth-order valence-electron chi connectivity index (χ4n) is 2.52. The molecular formula is C16H13BN2O2. The van der Waals surface area contributed by atoms with E-state index in [-0.39, 0.29) is 7.69 Å². The summed E-state index contributed by atoms with van der Waals surface area (Å²) in [5, 5.41) is 2.11. The van der Waals surface area contributed by atoms with Crippen LogP contribution in [0.1, 0.15) is 0 Å². The molecule has 0 amide bonds. The van der Waals surface area contributed by atoms with Gasteiger partial charge in [-0.1, -0.05) is 12.1 Å². The summed E-state index contributed by atoms with van der Waals surface area (Å²) in [6, 6.07) is 15.8. The number of benzene rings is 2. The van der Waals surface area contributed by atoms with Gasteiger partial charge in [-0.2, -0.15) is 0 Å². The Hall–Kier alpha value is -2.82. The number of aromatic amines is 2. The van der Waals surface area contributed by atoms with E-state index in [1.807, 2.05) is 60.9 Å². The maximum absolute atomic E-state index is 5.75. The lowest BCUT2D eigenvalue weighted by Gasteiger charge is -2.09. The highest BCUT2D eigenvalue weighted by molar-refractivity contribution is 6.22. The SMILES string of the molecule is B(Oc1cccc2[nH]ccc12)Oc1cccc2[nH]ccc12. The van der Waals surface area contributed by atoms with Crippen molar-refractivity contribution in [1.82, 2.24) is 9.97 Å². The van der Waals surface area contributed by atoms with E-state index in [1.165, 1.54) is 0 Å². The molecule has 0 aliphatic heterocycles. The zero-order chi connectivity index (χ0) is 14.1. The molecule has 4 nitrogen and oxygen atoms in total. The lowest BCUT2D eigenvalue weighted by atomic mass is 10.2. The molecule has 2 heterocycles. The summed E-state index contributed by atoms with van der Waals surface area (Å²) in [7, 11) is 0.175. The lowest BCUT2D eigenvalue weighted by Crippen LogP contribution is -2.11. The molecule has 5 heteroatoms. The van der Waals surface area contributed by atoms with Crippen molar-refractivity contribution in [3.05, 3.63) is 60.9 Å². The minimum atomic E-state index is 0.175. The molecule has 0 radical (unpaired) electrons. The number of H-pyrrole nitrogens is 2. The molecule has 0 atom stereocenters. The minimum Gasteiger partial charge on any atom is -0.528 e. The molecule has 0 unspecified atom stereocenters. The fraction of sp³-hybridized carbons (Fsp3) is 0. The van der Waals surface area contributed by atoms with Crippen molar-refractivity contribution in [2.45, 2.75) is 0 Å². The van der Waals surface area contributed by atoms with Crippen LogP contribution in [-0.4, -0.2) is 17.7 Å². The van der Waals surface area contributed by atoms with Crippen molar-refractivity contribution < 1.29 is 9.31 Å². The number of hydrogen-bond donors (Lipinski definition) is 2. The second kappa shape index (κ2) is 4.94. The van der Waals surface area contributed by atoms with Gasteiger partial charge in [0.05, 0.1) is 0 Å². The van der Waals surface area contributed by atoms with Crippen LogP contribution >= 0.6 is 0 Å². The van der Waals surface area contributed by atoms with Gasteiger partial charge >= 0.3 is 7.69 Å². The Labute approximate surface area is 122 Å². The first-order valence-corrected chi connectivity index (χ1v) is 6.79. The van der Waals surface area contributed by atoms with Crippen molar-refractivity contribution in [3.8, 4) is 11.5 Å². The smallest absolute Gasteiger partial charge is 0.528 e. The summed E-state index contributed by atoms with van der Waals surface area (Å²) in [6.45, 7) is 0. The van der Waals surface area contributed by atoms with Crippen molar-refractivity contribution in [2.24, 2.45) is 0 Å². The average molecular weight is 276 g/mol. The molecule has 2 aromatic carbocycles. The molecule has 21 heavy (non-hydrogen) atoms. The van der Waals surface area contributed by atoms with Crippen LogP contribution in [0.5, 0.6) is 11.5 Å². The molecule has 0 saturated carbocycles. The molecule has 0 saturated heterocycles. The topological polar surface area (TPSA) is 50.0 Å². The standard InChI is InChI=1S/C16H13BN2O2/c1-3-13-11(7-9-18-13)15(5-1)20-17-21-16-6-2-4-14-12(16)8-10-19-14/h1-10,17-19H. The van der Waals surface area contributed by atoms with Crippen LogP contribution in [0.15, 0.2) is 60.9 Å². The van der Waals surface area contributed by atoms with Crippen molar-refractivity contribution >= 4 is 29.5 Å². The van der Waals surface area contributed by atoms with Crippen LogP contribution in [0.4, 0.5) is 0 Å². The first-order chi connectivity index (χ1) is 10.4. The van der Waals surface area contributed by atoms with Crippen LogP contribution in [0.25, 0.3) is 21.8 Å². The molecule has 4 aromatic rings. The minimum absolute atomic E-state index is 0.175. The van der Waals surface area contributed by atoms with Gasteiger partial charge in [0.2, 0.25) is 0 Å². The van der Waals surface area contributed by atoms with E-state index in [4.69, 9.17) is 9.31 Å². The van der Waals surface area contributed by atoms with E-state index in [1.54, 1.807) is 0 Å². The van der Waals surface area contributed by atoms with Gasteiger partial charge in [0, 0.05) is 34.2 Å². The summed E-state index contributed by atoms with van der Waals surface area (Å²) in [4.78, 5) is 6.33.